The van der Waals surface area contributed by atoms with Crippen molar-refractivity contribution in [3.63, 3.8) is 0 Å². The van der Waals surface area contributed by atoms with Crippen LogP contribution in [0.15, 0.2) is 70.5 Å². The molecule has 2 aromatic carbocycles. The SMILES string of the molecule is O=C(Nc1cc(C(F)(F)F)ccc1N1CCCC1)c1oc2ccccc2c1CSc1ncccn1. The minimum absolute atomic E-state index is 0.0550. The number of thioether (sulfide) groups is 1. The molecule has 1 saturated heterocycles. The number of benzene rings is 2. The Morgan fingerprint density at radius 1 is 1.06 bits per heavy atom. The molecule has 1 N–H and O–H groups in total. The van der Waals surface area contributed by atoms with E-state index < -0.39 is 17.6 Å². The van der Waals surface area contributed by atoms with Crippen molar-refractivity contribution in [2.75, 3.05) is 23.3 Å². The van der Waals surface area contributed by atoms with Crippen LogP contribution in [0.3, 0.4) is 0 Å². The molecule has 6 nitrogen and oxygen atoms in total. The summed E-state index contributed by atoms with van der Waals surface area (Å²) in [6.07, 6.45) is 0.621. The molecule has 3 heterocycles. The zero-order chi connectivity index (χ0) is 24.4. The lowest BCUT2D eigenvalue weighted by molar-refractivity contribution is -0.137. The molecule has 1 amide bonds. The summed E-state index contributed by atoms with van der Waals surface area (Å²) in [7, 11) is 0. The molecule has 10 heteroatoms. The maximum absolute atomic E-state index is 13.4. The Bertz CT molecular complexity index is 1350. The smallest absolute Gasteiger partial charge is 0.416 e. The summed E-state index contributed by atoms with van der Waals surface area (Å²) in [5.74, 6) is -0.198. The summed E-state index contributed by atoms with van der Waals surface area (Å²) in [4.78, 5) is 23.8. The number of amides is 1. The molecule has 180 valence electrons. The molecule has 2 aromatic heterocycles. The monoisotopic (exact) mass is 498 g/mol. The Morgan fingerprint density at radius 2 is 1.80 bits per heavy atom. The van der Waals surface area contributed by atoms with Gasteiger partial charge >= 0.3 is 6.18 Å². The lowest BCUT2D eigenvalue weighted by atomic mass is 10.1. The van der Waals surface area contributed by atoms with Crippen LogP contribution in [-0.4, -0.2) is 29.0 Å². The summed E-state index contributed by atoms with van der Waals surface area (Å²) in [5.41, 5.74) is 0.999. The zero-order valence-corrected chi connectivity index (χ0v) is 19.3. The first-order chi connectivity index (χ1) is 16.9. The third kappa shape index (κ3) is 4.97. The Kier molecular flexibility index (Phi) is 6.38. The van der Waals surface area contributed by atoms with E-state index in [1.807, 2.05) is 17.0 Å². The maximum Gasteiger partial charge on any atom is 0.416 e. The van der Waals surface area contributed by atoms with Crippen LogP contribution >= 0.6 is 11.8 Å². The summed E-state index contributed by atoms with van der Waals surface area (Å²) in [6, 6.07) is 12.4. The van der Waals surface area contributed by atoms with Gasteiger partial charge in [0.2, 0.25) is 0 Å². The van der Waals surface area contributed by atoms with Crippen LogP contribution < -0.4 is 10.2 Å². The number of carbonyl (C=O) groups is 1. The molecule has 1 aliphatic rings. The van der Waals surface area contributed by atoms with E-state index in [9.17, 15) is 18.0 Å². The van der Waals surface area contributed by atoms with Gasteiger partial charge in [-0.25, -0.2) is 9.97 Å². The molecular formula is C25H21F3N4O2S. The first-order valence-electron chi connectivity index (χ1n) is 11.1. The van der Waals surface area contributed by atoms with Gasteiger partial charge in [0.05, 0.1) is 16.9 Å². The van der Waals surface area contributed by atoms with Gasteiger partial charge in [0.15, 0.2) is 10.9 Å². The number of furan rings is 1. The van der Waals surface area contributed by atoms with Crippen molar-refractivity contribution in [1.29, 1.82) is 0 Å². The summed E-state index contributed by atoms with van der Waals surface area (Å²) >= 11 is 1.34. The van der Waals surface area contributed by atoms with Gasteiger partial charge < -0.3 is 14.6 Å². The van der Waals surface area contributed by atoms with Gasteiger partial charge in [0.1, 0.15) is 5.58 Å². The molecule has 0 unspecified atom stereocenters. The minimum Gasteiger partial charge on any atom is -0.451 e. The Hall–Kier alpha value is -3.53. The molecule has 0 atom stereocenters. The lowest BCUT2D eigenvalue weighted by Crippen LogP contribution is -2.22. The highest BCUT2D eigenvalue weighted by Crippen LogP contribution is 2.37. The average molecular weight is 499 g/mol. The van der Waals surface area contributed by atoms with Crippen molar-refractivity contribution in [2.24, 2.45) is 0 Å². The molecule has 0 spiro atoms. The van der Waals surface area contributed by atoms with Crippen LogP contribution in [0, 0.1) is 0 Å². The van der Waals surface area contributed by atoms with E-state index in [0.717, 1.165) is 43.5 Å². The predicted molar refractivity (Wildman–Crippen MR) is 129 cm³/mol. The number of alkyl halides is 3. The number of hydrogen-bond donors (Lipinski definition) is 1. The van der Waals surface area contributed by atoms with E-state index in [0.29, 0.717) is 27.7 Å². The summed E-state index contributed by atoms with van der Waals surface area (Å²) < 4.78 is 46.2. The van der Waals surface area contributed by atoms with Crippen LogP contribution in [0.1, 0.15) is 34.5 Å². The van der Waals surface area contributed by atoms with E-state index in [1.54, 1.807) is 30.6 Å². The van der Waals surface area contributed by atoms with E-state index >= 15 is 0 Å². The molecule has 0 bridgehead atoms. The molecule has 35 heavy (non-hydrogen) atoms. The summed E-state index contributed by atoms with van der Waals surface area (Å²) in [6.45, 7) is 1.44. The zero-order valence-electron chi connectivity index (χ0n) is 18.5. The van der Waals surface area contributed by atoms with Gasteiger partial charge in [-0.2, -0.15) is 13.2 Å². The standard InChI is InChI=1S/C25H21F3N4O2S/c26-25(27,28)16-8-9-20(32-12-3-4-13-32)19(14-16)31-23(33)22-18(15-35-24-29-10-5-11-30-24)17-6-1-2-7-21(17)34-22/h1-2,5-11,14H,3-4,12-13,15H2,(H,31,33). The fraction of sp³-hybridized carbons (Fsp3) is 0.240. The van der Waals surface area contributed by atoms with Crippen LogP contribution in [0.4, 0.5) is 24.5 Å². The molecule has 0 saturated carbocycles. The van der Waals surface area contributed by atoms with Crippen LogP contribution in [-0.2, 0) is 11.9 Å². The summed E-state index contributed by atoms with van der Waals surface area (Å²) in [5, 5.41) is 4.00. The molecular weight excluding hydrogens is 477 g/mol. The number of rotatable bonds is 6. The number of aromatic nitrogens is 2. The minimum atomic E-state index is -4.53. The average Bonchev–Trinajstić information content (AvgIpc) is 3.51. The van der Waals surface area contributed by atoms with Crippen molar-refractivity contribution < 1.29 is 22.4 Å². The first-order valence-corrected chi connectivity index (χ1v) is 12.1. The topological polar surface area (TPSA) is 71.3 Å². The van der Waals surface area contributed by atoms with E-state index in [4.69, 9.17) is 4.42 Å². The second-order valence-electron chi connectivity index (χ2n) is 8.10. The van der Waals surface area contributed by atoms with Crippen LogP contribution in [0.5, 0.6) is 0 Å². The Labute approximate surface area is 203 Å². The van der Waals surface area contributed by atoms with Gasteiger partial charge in [-0.15, -0.1) is 0 Å². The number of halogens is 3. The molecule has 1 aliphatic heterocycles. The fourth-order valence-electron chi connectivity index (χ4n) is 4.15. The number of nitrogens with zero attached hydrogens (tertiary/aromatic N) is 3. The van der Waals surface area contributed by atoms with Gasteiger partial charge in [0, 0.05) is 42.2 Å². The molecule has 0 radical (unpaired) electrons. The van der Waals surface area contributed by atoms with Crippen molar-refractivity contribution >= 4 is 40.0 Å². The van der Waals surface area contributed by atoms with Crippen molar-refractivity contribution in [2.45, 2.75) is 29.9 Å². The number of hydrogen-bond acceptors (Lipinski definition) is 6. The predicted octanol–water partition coefficient (Wildman–Crippen LogP) is 6.39. The lowest BCUT2D eigenvalue weighted by Gasteiger charge is -2.22. The second-order valence-corrected chi connectivity index (χ2v) is 9.05. The number of para-hydroxylation sites is 1. The fourth-order valence-corrected chi connectivity index (χ4v) is 4.98. The number of carbonyl (C=O) groups excluding carboxylic acids is 1. The highest BCUT2D eigenvalue weighted by atomic mass is 32.2. The first kappa shape index (κ1) is 23.2. The van der Waals surface area contributed by atoms with Crippen molar-refractivity contribution in [1.82, 2.24) is 9.97 Å². The molecule has 4 aromatic rings. The number of anilines is 2. The maximum atomic E-state index is 13.4. The third-order valence-electron chi connectivity index (χ3n) is 5.81. The number of nitrogens with one attached hydrogen (secondary N) is 1. The third-order valence-corrected chi connectivity index (χ3v) is 6.71. The van der Waals surface area contributed by atoms with Crippen LogP contribution in [0.2, 0.25) is 0 Å². The highest BCUT2D eigenvalue weighted by Gasteiger charge is 2.32. The largest absolute Gasteiger partial charge is 0.451 e. The normalized spacial score (nSPS) is 14.0. The van der Waals surface area contributed by atoms with E-state index in [-0.39, 0.29) is 11.4 Å². The Morgan fingerprint density at radius 3 is 2.54 bits per heavy atom. The van der Waals surface area contributed by atoms with Crippen molar-refractivity contribution in [3.05, 3.63) is 77.8 Å². The Balaban J connectivity index is 1.50. The van der Waals surface area contributed by atoms with Gasteiger partial charge in [0.25, 0.3) is 5.91 Å². The highest BCUT2D eigenvalue weighted by molar-refractivity contribution is 7.98. The molecule has 1 fully saturated rings. The van der Waals surface area contributed by atoms with Crippen LogP contribution in [0.25, 0.3) is 11.0 Å². The van der Waals surface area contributed by atoms with Gasteiger partial charge in [-0.1, -0.05) is 30.0 Å². The number of fused-ring (bicyclic) bond motifs is 1. The van der Waals surface area contributed by atoms with Crippen molar-refractivity contribution in [3.8, 4) is 0 Å². The quantitative estimate of drug-likeness (QED) is 0.246. The van der Waals surface area contributed by atoms with E-state index in [2.05, 4.69) is 15.3 Å². The molecule has 0 aliphatic carbocycles. The van der Waals surface area contributed by atoms with Gasteiger partial charge in [-0.3, -0.25) is 4.79 Å². The van der Waals surface area contributed by atoms with Gasteiger partial charge in [-0.05, 0) is 43.2 Å². The second kappa shape index (κ2) is 9.61. The molecule has 5 rings (SSSR count). The van der Waals surface area contributed by atoms with E-state index in [1.165, 1.54) is 17.8 Å².